The Morgan fingerprint density at radius 2 is 2.23 bits per heavy atom. The van der Waals surface area contributed by atoms with Gasteiger partial charge in [0, 0.05) is 13.0 Å². The van der Waals surface area contributed by atoms with Crippen molar-refractivity contribution in [2.24, 2.45) is 0 Å². The van der Waals surface area contributed by atoms with Crippen LogP contribution < -0.4 is 5.32 Å². The fraction of sp³-hybridized carbons (Fsp3) is 0.625. The third-order valence-corrected chi connectivity index (χ3v) is 2.89. The van der Waals surface area contributed by atoms with E-state index in [1.807, 2.05) is 7.05 Å². The Morgan fingerprint density at radius 3 is 2.69 bits per heavy atom. The summed E-state index contributed by atoms with van der Waals surface area (Å²) in [5.74, 6) is 0. The van der Waals surface area contributed by atoms with Crippen molar-refractivity contribution >= 4 is 11.3 Å². The maximum absolute atomic E-state index is 12.3. The van der Waals surface area contributed by atoms with Crippen LogP contribution in [0.3, 0.4) is 0 Å². The Bertz CT molecular complexity index is 273. The van der Waals surface area contributed by atoms with Crippen molar-refractivity contribution in [2.45, 2.75) is 19.8 Å². The number of halogens is 2. The molecule has 0 saturated carbocycles. The van der Waals surface area contributed by atoms with Crippen molar-refractivity contribution in [3.63, 3.8) is 0 Å². The highest BCUT2D eigenvalue weighted by Gasteiger charge is 2.15. The summed E-state index contributed by atoms with van der Waals surface area (Å²) in [5, 5.41) is 3.73. The molecule has 0 aliphatic rings. The van der Waals surface area contributed by atoms with Gasteiger partial charge in [-0.1, -0.05) is 0 Å². The normalized spacial score (nSPS) is 11.2. The van der Waals surface area contributed by atoms with Gasteiger partial charge in [-0.25, -0.2) is 13.8 Å². The fourth-order valence-electron chi connectivity index (χ4n) is 1.01. The summed E-state index contributed by atoms with van der Waals surface area (Å²) in [6.45, 7) is 2.40. The minimum atomic E-state index is -2.39. The molecule has 1 aromatic rings. The molecule has 0 saturated heterocycles. The molecule has 13 heavy (non-hydrogen) atoms. The summed E-state index contributed by atoms with van der Waals surface area (Å²) in [4.78, 5) is 4.17. The molecule has 0 atom stereocenters. The smallest absolute Gasteiger partial charge is 0.274 e. The number of nitrogens with one attached hydrogen (secondary N) is 1. The van der Waals surface area contributed by atoms with E-state index in [-0.39, 0.29) is 4.88 Å². The van der Waals surface area contributed by atoms with Gasteiger partial charge < -0.3 is 5.32 Å². The number of rotatable bonds is 4. The van der Waals surface area contributed by atoms with E-state index in [1.54, 1.807) is 6.92 Å². The number of hydrogen-bond donors (Lipinski definition) is 1. The van der Waals surface area contributed by atoms with E-state index in [2.05, 4.69) is 10.3 Å². The lowest BCUT2D eigenvalue weighted by Crippen LogP contribution is -2.09. The van der Waals surface area contributed by atoms with E-state index >= 15 is 0 Å². The number of thiazole rings is 1. The Morgan fingerprint density at radius 1 is 1.54 bits per heavy atom. The molecule has 5 heteroatoms. The second kappa shape index (κ2) is 4.62. The summed E-state index contributed by atoms with van der Waals surface area (Å²) in [6.07, 6.45) is -1.67. The Kier molecular flexibility index (Phi) is 3.74. The molecule has 2 nitrogen and oxygen atoms in total. The van der Waals surface area contributed by atoms with Crippen molar-refractivity contribution in [3.8, 4) is 0 Å². The number of nitrogens with zero attached hydrogens (tertiary/aromatic N) is 1. The van der Waals surface area contributed by atoms with Gasteiger partial charge in [-0.2, -0.15) is 0 Å². The summed E-state index contributed by atoms with van der Waals surface area (Å²) in [7, 11) is 1.83. The molecule has 0 unspecified atom stereocenters. The lowest BCUT2D eigenvalue weighted by atomic mass is 10.4. The second-order valence-corrected chi connectivity index (χ2v) is 3.83. The summed E-state index contributed by atoms with van der Waals surface area (Å²) in [6, 6.07) is 0. The SMILES string of the molecule is CNCCc1nc(C)c(C(F)F)s1. The van der Waals surface area contributed by atoms with Crippen molar-refractivity contribution < 1.29 is 8.78 Å². The molecule has 1 aromatic heterocycles. The van der Waals surface area contributed by atoms with Crippen LogP contribution in [0.1, 0.15) is 22.0 Å². The zero-order valence-corrected chi connectivity index (χ0v) is 8.42. The van der Waals surface area contributed by atoms with Crippen LogP contribution in [0.4, 0.5) is 8.78 Å². The van der Waals surface area contributed by atoms with Gasteiger partial charge in [-0.15, -0.1) is 11.3 Å². The Balaban J connectivity index is 2.71. The molecule has 0 radical (unpaired) electrons. The minimum Gasteiger partial charge on any atom is -0.319 e. The molecule has 0 aliphatic carbocycles. The molecule has 0 amide bonds. The maximum atomic E-state index is 12.3. The predicted molar refractivity (Wildman–Crippen MR) is 49.4 cm³/mol. The van der Waals surface area contributed by atoms with Gasteiger partial charge in [0.1, 0.15) is 0 Å². The molecule has 0 aromatic carbocycles. The average molecular weight is 206 g/mol. The van der Waals surface area contributed by atoms with Gasteiger partial charge in [0.2, 0.25) is 0 Å². The fourth-order valence-corrected chi connectivity index (χ4v) is 1.93. The van der Waals surface area contributed by atoms with Gasteiger partial charge in [-0.05, 0) is 14.0 Å². The van der Waals surface area contributed by atoms with Gasteiger partial charge >= 0.3 is 0 Å². The molecule has 0 spiro atoms. The first kappa shape index (κ1) is 10.5. The largest absolute Gasteiger partial charge is 0.319 e. The number of alkyl halides is 2. The van der Waals surface area contributed by atoms with Crippen LogP contribution in [0.5, 0.6) is 0 Å². The van der Waals surface area contributed by atoms with Crippen molar-refractivity contribution in [1.29, 1.82) is 0 Å². The third kappa shape index (κ3) is 2.70. The zero-order valence-electron chi connectivity index (χ0n) is 7.60. The van der Waals surface area contributed by atoms with E-state index in [0.717, 1.165) is 22.9 Å². The van der Waals surface area contributed by atoms with E-state index in [0.29, 0.717) is 12.1 Å². The number of aromatic nitrogens is 1. The Labute approximate surface area is 80.0 Å². The highest BCUT2D eigenvalue weighted by atomic mass is 32.1. The first-order valence-electron chi connectivity index (χ1n) is 4.04. The van der Waals surface area contributed by atoms with E-state index in [4.69, 9.17) is 0 Å². The van der Waals surface area contributed by atoms with Crippen LogP contribution in [0.2, 0.25) is 0 Å². The first-order chi connectivity index (χ1) is 6.15. The highest BCUT2D eigenvalue weighted by molar-refractivity contribution is 7.11. The van der Waals surface area contributed by atoms with Gasteiger partial charge in [0.15, 0.2) is 0 Å². The number of aryl methyl sites for hydroxylation is 1. The quantitative estimate of drug-likeness (QED) is 0.816. The van der Waals surface area contributed by atoms with E-state index in [1.165, 1.54) is 0 Å². The average Bonchev–Trinajstić information content (AvgIpc) is 2.43. The Hall–Kier alpha value is -0.550. The van der Waals surface area contributed by atoms with Crippen LogP contribution >= 0.6 is 11.3 Å². The lowest BCUT2D eigenvalue weighted by molar-refractivity contribution is 0.154. The first-order valence-corrected chi connectivity index (χ1v) is 4.85. The topological polar surface area (TPSA) is 24.9 Å². The van der Waals surface area contributed by atoms with Crippen LogP contribution in [-0.4, -0.2) is 18.6 Å². The molecule has 1 rings (SSSR count). The standard InChI is InChI=1S/C8H12F2N2S/c1-5-7(8(9)10)13-6(12-5)3-4-11-2/h8,11H,3-4H2,1-2H3. The third-order valence-electron chi connectivity index (χ3n) is 1.66. The molecule has 1 heterocycles. The molecule has 0 bridgehead atoms. The van der Waals surface area contributed by atoms with E-state index in [9.17, 15) is 8.78 Å². The molecular formula is C8H12F2N2S. The highest BCUT2D eigenvalue weighted by Crippen LogP contribution is 2.28. The van der Waals surface area contributed by atoms with Gasteiger partial charge in [-0.3, -0.25) is 0 Å². The van der Waals surface area contributed by atoms with Gasteiger partial charge in [0.25, 0.3) is 6.43 Å². The zero-order chi connectivity index (χ0) is 9.84. The van der Waals surface area contributed by atoms with Crippen molar-refractivity contribution in [2.75, 3.05) is 13.6 Å². The van der Waals surface area contributed by atoms with Crippen LogP contribution in [-0.2, 0) is 6.42 Å². The van der Waals surface area contributed by atoms with Crippen molar-refractivity contribution in [3.05, 3.63) is 15.6 Å². The minimum absolute atomic E-state index is 0.103. The second-order valence-electron chi connectivity index (χ2n) is 2.71. The van der Waals surface area contributed by atoms with Crippen molar-refractivity contribution in [1.82, 2.24) is 10.3 Å². The van der Waals surface area contributed by atoms with Crippen LogP contribution in [0.25, 0.3) is 0 Å². The number of hydrogen-bond acceptors (Lipinski definition) is 3. The monoisotopic (exact) mass is 206 g/mol. The summed E-state index contributed by atoms with van der Waals surface area (Å²) >= 11 is 1.11. The lowest BCUT2D eigenvalue weighted by Gasteiger charge is -1.93. The van der Waals surface area contributed by atoms with Gasteiger partial charge in [0.05, 0.1) is 15.6 Å². The van der Waals surface area contributed by atoms with E-state index < -0.39 is 6.43 Å². The molecule has 0 fully saturated rings. The number of likely N-dealkylation sites (N-methyl/N-ethyl adjacent to an activating group) is 1. The molecule has 0 aliphatic heterocycles. The maximum Gasteiger partial charge on any atom is 0.274 e. The predicted octanol–water partition coefficient (Wildman–Crippen LogP) is 2.15. The molecule has 74 valence electrons. The van der Waals surface area contributed by atoms with Crippen LogP contribution in [0.15, 0.2) is 0 Å². The summed E-state index contributed by atoms with van der Waals surface area (Å²) < 4.78 is 24.6. The van der Waals surface area contributed by atoms with Crippen LogP contribution in [0, 0.1) is 6.92 Å². The summed E-state index contributed by atoms with van der Waals surface area (Å²) in [5.41, 5.74) is 0.464. The molecule has 1 N–H and O–H groups in total. The molecular weight excluding hydrogens is 194 g/mol.